The summed E-state index contributed by atoms with van der Waals surface area (Å²) in [6.07, 6.45) is 0. The van der Waals surface area contributed by atoms with E-state index < -0.39 is 0 Å². The maximum absolute atomic E-state index is 4.94. The molecule has 2 heteroatoms. The van der Waals surface area contributed by atoms with Gasteiger partial charge in [-0.15, -0.1) is 0 Å². The minimum absolute atomic E-state index is 0.983. The fourth-order valence-corrected chi connectivity index (χ4v) is 6.45. The Morgan fingerprint density at radius 1 is 0.429 bits per heavy atom. The van der Waals surface area contributed by atoms with E-state index in [2.05, 4.69) is 163 Å². The Kier molecular flexibility index (Phi) is 5.72. The average molecular weight is 537 g/mol. The topological polar surface area (TPSA) is 17.8 Å². The molecule has 0 aliphatic rings. The van der Waals surface area contributed by atoms with Gasteiger partial charge >= 0.3 is 0 Å². The molecule has 0 unspecified atom stereocenters. The third-order valence-corrected chi connectivity index (χ3v) is 8.29. The van der Waals surface area contributed by atoms with Crippen LogP contribution < -0.4 is 0 Å². The van der Waals surface area contributed by atoms with Gasteiger partial charge in [-0.3, -0.25) is 4.57 Å². The first-order valence-electron chi connectivity index (χ1n) is 14.4. The molecule has 1 heterocycles. The number of aromatic nitrogens is 2. The molecule has 198 valence electrons. The molecule has 0 saturated carbocycles. The monoisotopic (exact) mass is 536 g/mol. The summed E-state index contributed by atoms with van der Waals surface area (Å²) in [6, 6.07) is 54.5. The highest BCUT2D eigenvalue weighted by Crippen LogP contribution is 2.44. The summed E-state index contributed by atoms with van der Waals surface area (Å²) in [5.74, 6) is 0.983. The molecule has 0 aliphatic heterocycles. The summed E-state index contributed by atoms with van der Waals surface area (Å²) >= 11 is 0. The third-order valence-electron chi connectivity index (χ3n) is 8.29. The van der Waals surface area contributed by atoms with Crippen molar-refractivity contribution in [3.63, 3.8) is 0 Å². The summed E-state index contributed by atoms with van der Waals surface area (Å²) in [4.78, 5) is 4.94. The Balaban J connectivity index is 1.50. The summed E-state index contributed by atoms with van der Waals surface area (Å²) in [7, 11) is 0. The van der Waals surface area contributed by atoms with E-state index in [-0.39, 0.29) is 0 Å². The van der Waals surface area contributed by atoms with E-state index in [4.69, 9.17) is 4.98 Å². The van der Waals surface area contributed by atoms with Gasteiger partial charge in [-0.05, 0) is 81.4 Å². The molecule has 7 aromatic carbocycles. The molecular weight excluding hydrogens is 508 g/mol. The predicted molar refractivity (Wildman–Crippen MR) is 177 cm³/mol. The number of para-hydroxylation sites is 2. The molecule has 1 aromatic heterocycles. The Labute approximate surface area is 245 Å². The van der Waals surface area contributed by atoms with Crippen LogP contribution in [0.15, 0.2) is 152 Å². The zero-order valence-electron chi connectivity index (χ0n) is 23.3. The van der Waals surface area contributed by atoms with Gasteiger partial charge in [0.15, 0.2) is 0 Å². The van der Waals surface area contributed by atoms with E-state index in [1.165, 1.54) is 60.6 Å². The quantitative estimate of drug-likeness (QED) is 0.205. The summed E-state index contributed by atoms with van der Waals surface area (Å²) in [5, 5.41) is 4.88. The van der Waals surface area contributed by atoms with Gasteiger partial charge in [-0.2, -0.15) is 0 Å². The summed E-state index contributed by atoms with van der Waals surface area (Å²) in [5.41, 5.74) is 10.6. The molecule has 0 saturated heterocycles. The second-order valence-electron chi connectivity index (χ2n) is 10.8. The summed E-state index contributed by atoms with van der Waals surface area (Å²) in [6.45, 7) is 2.10. The third kappa shape index (κ3) is 3.92. The molecule has 0 amide bonds. The molecule has 0 fully saturated rings. The van der Waals surface area contributed by atoms with E-state index in [1.54, 1.807) is 0 Å². The zero-order valence-corrected chi connectivity index (χ0v) is 23.3. The van der Waals surface area contributed by atoms with E-state index in [0.29, 0.717) is 0 Å². The molecule has 42 heavy (non-hydrogen) atoms. The highest BCUT2D eigenvalue weighted by molar-refractivity contribution is 6.19. The Morgan fingerprint density at radius 2 is 0.881 bits per heavy atom. The first kappa shape index (κ1) is 24.3. The minimum atomic E-state index is 0.983. The van der Waals surface area contributed by atoms with Crippen LogP contribution in [0.4, 0.5) is 0 Å². The highest BCUT2D eigenvalue weighted by Gasteiger charge is 2.20. The molecule has 8 aromatic rings. The van der Waals surface area contributed by atoms with Gasteiger partial charge in [0.1, 0.15) is 5.82 Å². The molecular formula is C40H28N2. The van der Waals surface area contributed by atoms with Gasteiger partial charge < -0.3 is 0 Å². The number of aryl methyl sites for hydroxylation is 1. The van der Waals surface area contributed by atoms with Crippen molar-refractivity contribution in [3.8, 4) is 39.1 Å². The standard InChI is InChI=1S/C40H28N2/c1-27-41-37-22-12-13-23-38(37)42(27)40-35-20-10-8-18-33(35)39(34-19-9-11-21-36(34)40)32-25-30(28-14-4-2-5-15-28)24-31(26-32)29-16-6-3-7-17-29/h2-26H,1H3. The molecule has 2 nitrogen and oxygen atoms in total. The largest absolute Gasteiger partial charge is 0.295 e. The number of fused-ring (bicyclic) bond motifs is 3. The number of nitrogens with zero attached hydrogens (tertiary/aromatic N) is 2. The van der Waals surface area contributed by atoms with Crippen molar-refractivity contribution in [2.24, 2.45) is 0 Å². The van der Waals surface area contributed by atoms with Crippen LogP contribution in [0.25, 0.3) is 71.6 Å². The second kappa shape index (κ2) is 9.87. The normalized spacial score (nSPS) is 11.5. The van der Waals surface area contributed by atoms with E-state index >= 15 is 0 Å². The SMILES string of the molecule is Cc1nc2ccccc2n1-c1c2ccccc2c(-c2cc(-c3ccccc3)cc(-c3ccccc3)c2)c2ccccc12. The molecule has 0 bridgehead atoms. The van der Waals surface area contributed by atoms with Gasteiger partial charge in [-0.25, -0.2) is 4.98 Å². The molecule has 0 aliphatic carbocycles. The van der Waals surface area contributed by atoms with Crippen LogP contribution >= 0.6 is 0 Å². The van der Waals surface area contributed by atoms with Crippen molar-refractivity contribution in [2.45, 2.75) is 6.92 Å². The average Bonchev–Trinajstić information content (AvgIpc) is 3.39. The van der Waals surface area contributed by atoms with Gasteiger partial charge in [0.25, 0.3) is 0 Å². The molecule has 0 atom stereocenters. The van der Waals surface area contributed by atoms with Gasteiger partial charge in [0.2, 0.25) is 0 Å². The number of hydrogen-bond donors (Lipinski definition) is 0. The molecule has 0 radical (unpaired) electrons. The highest BCUT2D eigenvalue weighted by atomic mass is 15.1. The molecule has 0 N–H and O–H groups in total. The van der Waals surface area contributed by atoms with Gasteiger partial charge in [0, 0.05) is 10.8 Å². The van der Waals surface area contributed by atoms with Gasteiger partial charge in [-0.1, -0.05) is 121 Å². The maximum Gasteiger partial charge on any atom is 0.111 e. The Morgan fingerprint density at radius 3 is 1.45 bits per heavy atom. The maximum atomic E-state index is 4.94. The molecule has 0 spiro atoms. The van der Waals surface area contributed by atoms with E-state index in [9.17, 15) is 0 Å². The minimum Gasteiger partial charge on any atom is -0.295 e. The number of rotatable bonds is 4. The van der Waals surface area contributed by atoms with Crippen LogP contribution in [0.1, 0.15) is 5.82 Å². The first-order chi connectivity index (χ1) is 20.8. The summed E-state index contributed by atoms with van der Waals surface area (Å²) < 4.78 is 2.33. The van der Waals surface area contributed by atoms with Crippen LogP contribution in [0.3, 0.4) is 0 Å². The van der Waals surface area contributed by atoms with Crippen LogP contribution in [-0.4, -0.2) is 9.55 Å². The van der Waals surface area contributed by atoms with Crippen LogP contribution in [0.5, 0.6) is 0 Å². The molecule has 8 rings (SSSR count). The van der Waals surface area contributed by atoms with Crippen molar-refractivity contribution < 1.29 is 0 Å². The zero-order chi connectivity index (χ0) is 28.0. The number of benzene rings is 7. The van der Waals surface area contributed by atoms with Crippen molar-refractivity contribution in [1.82, 2.24) is 9.55 Å². The first-order valence-corrected chi connectivity index (χ1v) is 14.4. The predicted octanol–water partition coefficient (Wildman–Crippen LogP) is 10.6. The van der Waals surface area contributed by atoms with Crippen molar-refractivity contribution in [1.29, 1.82) is 0 Å². The Bertz CT molecular complexity index is 2130. The lowest BCUT2D eigenvalue weighted by atomic mass is 9.87. The fourth-order valence-electron chi connectivity index (χ4n) is 6.45. The van der Waals surface area contributed by atoms with Crippen molar-refractivity contribution >= 4 is 32.6 Å². The van der Waals surface area contributed by atoms with Crippen LogP contribution in [-0.2, 0) is 0 Å². The van der Waals surface area contributed by atoms with Gasteiger partial charge in [0.05, 0.1) is 16.7 Å². The lowest BCUT2D eigenvalue weighted by Crippen LogP contribution is -2.01. The van der Waals surface area contributed by atoms with Crippen LogP contribution in [0, 0.1) is 6.92 Å². The van der Waals surface area contributed by atoms with Crippen molar-refractivity contribution in [3.05, 3.63) is 157 Å². The second-order valence-corrected chi connectivity index (χ2v) is 10.8. The van der Waals surface area contributed by atoms with Crippen LogP contribution in [0.2, 0.25) is 0 Å². The lowest BCUT2D eigenvalue weighted by molar-refractivity contribution is 1.02. The Hall–Kier alpha value is -5.47. The lowest BCUT2D eigenvalue weighted by Gasteiger charge is -2.20. The number of hydrogen-bond acceptors (Lipinski definition) is 1. The fraction of sp³-hybridized carbons (Fsp3) is 0.0250. The van der Waals surface area contributed by atoms with E-state index in [0.717, 1.165) is 16.9 Å². The number of imidazole rings is 1. The smallest absolute Gasteiger partial charge is 0.111 e. The van der Waals surface area contributed by atoms with E-state index in [1.807, 2.05) is 0 Å². The van der Waals surface area contributed by atoms with Crippen molar-refractivity contribution in [2.75, 3.05) is 0 Å².